The third-order valence-corrected chi connectivity index (χ3v) is 3.65. The minimum atomic E-state index is -0.339. The Morgan fingerprint density at radius 2 is 2.09 bits per heavy atom. The molecule has 1 N–H and O–H groups in total. The van der Waals surface area contributed by atoms with E-state index in [4.69, 9.17) is 9.15 Å². The molecule has 116 valence electrons. The Bertz CT molecular complexity index is 606. The topological polar surface area (TPSA) is 77.2 Å². The summed E-state index contributed by atoms with van der Waals surface area (Å²) >= 11 is 0. The average molecular weight is 301 g/mol. The number of aromatic nitrogens is 2. The molecule has 6 nitrogen and oxygen atoms in total. The maximum atomic E-state index is 11.9. The summed E-state index contributed by atoms with van der Waals surface area (Å²) in [5.74, 6) is 0.154. The van der Waals surface area contributed by atoms with Crippen molar-refractivity contribution in [2.45, 2.75) is 31.8 Å². The number of nitrogens with one attached hydrogen (secondary N) is 1. The summed E-state index contributed by atoms with van der Waals surface area (Å²) in [5.41, 5.74) is 1.20. The maximum absolute atomic E-state index is 11.9. The van der Waals surface area contributed by atoms with Gasteiger partial charge in [-0.25, -0.2) is 0 Å². The lowest BCUT2D eigenvalue weighted by Crippen LogP contribution is -2.31. The number of carbonyl (C=O) groups is 1. The molecule has 0 saturated carbocycles. The molecule has 0 aliphatic carbocycles. The predicted molar refractivity (Wildman–Crippen MR) is 79.5 cm³/mol. The fourth-order valence-corrected chi connectivity index (χ4v) is 2.43. The van der Waals surface area contributed by atoms with Crippen LogP contribution in [0.4, 0.5) is 0 Å². The lowest BCUT2D eigenvalue weighted by molar-refractivity contribution is 0.0828. The Morgan fingerprint density at radius 1 is 1.23 bits per heavy atom. The first kappa shape index (κ1) is 14.7. The molecule has 1 amide bonds. The van der Waals surface area contributed by atoms with Crippen molar-refractivity contribution in [3.8, 4) is 0 Å². The van der Waals surface area contributed by atoms with Crippen LogP contribution in [0.1, 0.15) is 35.0 Å². The molecule has 0 radical (unpaired) electrons. The van der Waals surface area contributed by atoms with Crippen LogP contribution in [0.3, 0.4) is 0 Å². The van der Waals surface area contributed by atoms with E-state index < -0.39 is 0 Å². The zero-order chi connectivity index (χ0) is 15.2. The lowest BCUT2D eigenvalue weighted by atomic mass is 10.1. The van der Waals surface area contributed by atoms with Gasteiger partial charge in [-0.3, -0.25) is 4.79 Å². The molecular formula is C16H19N3O3. The van der Waals surface area contributed by atoms with Gasteiger partial charge in [0.2, 0.25) is 5.89 Å². The predicted octanol–water partition coefficient (Wildman–Crippen LogP) is 1.76. The lowest BCUT2D eigenvalue weighted by Gasteiger charge is -2.08. The average Bonchev–Trinajstić information content (AvgIpc) is 3.23. The SMILES string of the molecule is O=C(NCC1CCCO1)c1nnc(CCc2ccccc2)o1. The Labute approximate surface area is 128 Å². The highest BCUT2D eigenvalue weighted by molar-refractivity contribution is 5.89. The summed E-state index contributed by atoms with van der Waals surface area (Å²) in [6.45, 7) is 1.26. The number of amides is 1. The first-order valence-corrected chi connectivity index (χ1v) is 7.57. The fraction of sp³-hybridized carbons (Fsp3) is 0.438. The standard InChI is InChI=1S/C16H19N3O3/c20-15(17-11-13-7-4-10-21-13)16-19-18-14(22-16)9-8-12-5-2-1-3-6-12/h1-3,5-6,13H,4,7-11H2,(H,17,20). The molecule has 3 rings (SSSR count). The molecule has 1 aromatic heterocycles. The van der Waals surface area contributed by atoms with Gasteiger partial charge in [0.1, 0.15) is 0 Å². The number of hydrogen-bond donors (Lipinski definition) is 1. The van der Waals surface area contributed by atoms with Crippen molar-refractivity contribution in [3.63, 3.8) is 0 Å². The minimum Gasteiger partial charge on any atom is -0.417 e. The number of rotatable bonds is 6. The fourth-order valence-electron chi connectivity index (χ4n) is 2.43. The van der Waals surface area contributed by atoms with Crippen LogP contribution >= 0.6 is 0 Å². The highest BCUT2D eigenvalue weighted by Gasteiger charge is 2.19. The second-order valence-electron chi connectivity index (χ2n) is 5.33. The zero-order valence-electron chi connectivity index (χ0n) is 12.3. The molecule has 1 aliphatic heterocycles. The van der Waals surface area contributed by atoms with Crippen molar-refractivity contribution in [2.24, 2.45) is 0 Å². The second-order valence-corrected chi connectivity index (χ2v) is 5.33. The van der Waals surface area contributed by atoms with Gasteiger partial charge in [-0.05, 0) is 24.8 Å². The van der Waals surface area contributed by atoms with Crippen LogP contribution < -0.4 is 5.32 Å². The molecule has 1 unspecified atom stereocenters. The number of nitrogens with zero attached hydrogens (tertiary/aromatic N) is 2. The van der Waals surface area contributed by atoms with Gasteiger partial charge in [-0.1, -0.05) is 30.3 Å². The summed E-state index contributed by atoms with van der Waals surface area (Å²) in [6, 6.07) is 10.1. The Kier molecular flexibility index (Phi) is 4.80. The van der Waals surface area contributed by atoms with Gasteiger partial charge < -0.3 is 14.5 Å². The van der Waals surface area contributed by atoms with Crippen molar-refractivity contribution in [2.75, 3.05) is 13.2 Å². The summed E-state index contributed by atoms with van der Waals surface area (Å²) in [4.78, 5) is 11.9. The largest absolute Gasteiger partial charge is 0.417 e. The van der Waals surface area contributed by atoms with E-state index in [0.29, 0.717) is 18.9 Å². The first-order chi connectivity index (χ1) is 10.8. The van der Waals surface area contributed by atoms with E-state index in [1.807, 2.05) is 30.3 Å². The number of hydrogen-bond acceptors (Lipinski definition) is 5. The van der Waals surface area contributed by atoms with Gasteiger partial charge in [-0.15, -0.1) is 10.2 Å². The van der Waals surface area contributed by atoms with Crippen LogP contribution in [0.2, 0.25) is 0 Å². The maximum Gasteiger partial charge on any atom is 0.308 e. The molecule has 1 aromatic carbocycles. The first-order valence-electron chi connectivity index (χ1n) is 7.57. The summed E-state index contributed by atoms with van der Waals surface area (Å²) in [5, 5.41) is 10.5. The molecule has 1 aliphatic rings. The quantitative estimate of drug-likeness (QED) is 0.879. The molecule has 0 bridgehead atoms. The highest BCUT2D eigenvalue weighted by atomic mass is 16.5. The molecule has 1 fully saturated rings. The van der Waals surface area contributed by atoms with Crippen LogP contribution in [0.5, 0.6) is 0 Å². The van der Waals surface area contributed by atoms with Gasteiger partial charge in [0, 0.05) is 19.6 Å². The Hall–Kier alpha value is -2.21. The molecule has 1 atom stereocenters. The zero-order valence-corrected chi connectivity index (χ0v) is 12.3. The number of benzene rings is 1. The van der Waals surface area contributed by atoms with Crippen molar-refractivity contribution >= 4 is 5.91 Å². The van der Waals surface area contributed by atoms with Gasteiger partial charge in [0.25, 0.3) is 0 Å². The molecule has 2 aromatic rings. The van der Waals surface area contributed by atoms with E-state index in [1.54, 1.807) is 0 Å². The normalized spacial score (nSPS) is 17.5. The van der Waals surface area contributed by atoms with Crippen molar-refractivity contribution in [1.82, 2.24) is 15.5 Å². The molecule has 6 heteroatoms. The van der Waals surface area contributed by atoms with Gasteiger partial charge in [-0.2, -0.15) is 0 Å². The summed E-state index contributed by atoms with van der Waals surface area (Å²) < 4.78 is 10.9. The van der Waals surface area contributed by atoms with Crippen LogP contribution in [0, 0.1) is 0 Å². The van der Waals surface area contributed by atoms with Gasteiger partial charge >= 0.3 is 11.8 Å². The van der Waals surface area contributed by atoms with E-state index >= 15 is 0 Å². The smallest absolute Gasteiger partial charge is 0.308 e. The van der Waals surface area contributed by atoms with Gasteiger partial charge in [0.05, 0.1) is 6.10 Å². The summed E-state index contributed by atoms with van der Waals surface area (Å²) in [6.07, 6.45) is 3.55. The summed E-state index contributed by atoms with van der Waals surface area (Å²) in [7, 11) is 0. The Morgan fingerprint density at radius 3 is 2.86 bits per heavy atom. The number of ether oxygens (including phenoxy) is 1. The molecule has 22 heavy (non-hydrogen) atoms. The minimum absolute atomic E-state index is 0.0149. The van der Waals surface area contributed by atoms with Crippen LogP contribution in [-0.4, -0.2) is 35.4 Å². The number of aryl methyl sites for hydroxylation is 2. The van der Waals surface area contributed by atoms with Crippen molar-refractivity contribution < 1.29 is 13.9 Å². The molecule has 2 heterocycles. The van der Waals surface area contributed by atoms with Crippen molar-refractivity contribution in [1.29, 1.82) is 0 Å². The van der Waals surface area contributed by atoms with Crippen LogP contribution in [0.25, 0.3) is 0 Å². The van der Waals surface area contributed by atoms with E-state index in [2.05, 4.69) is 15.5 Å². The van der Waals surface area contributed by atoms with E-state index in [9.17, 15) is 4.79 Å². The van der Waals surface area contributed by atoms with Crippen molar-refractivity contribution in [3.05, 3.63) is 47.7 Å². The van der Waals surface area contributed by atoms with Gasteiger partial charge in [0.15, 0.2) is 0 Å². The third-order valence-electron chi connectivity index (χ3n) is 3.65. The Balaban J connectivity index is 1.48. The van der Waals surface area contributed by atoms with E-state index in [1.165, 1.54) is 5.56 Å². The third kappa shape index (κ3) is 3.92. The second kappa shape index (κ2) is 7.17. The molecular weight excluding hydrogens is 282 g/mol. The molecule has 0 spiro atoms. The number of carbonyl (C=O) groups excluding carboxylic acids is 1. The van der Waals surface area contributed by atoms with E-state index in [-0.39, 0.29) is 17.9 Å². The highest BCUT2D eigenvalue weighted by Crippen LogP contribution is 2.11. The molecule has 1 saturated heterocycles. The van der Waals surface area contributed by atoms with Crippen LogP contribution in [-0.2, 0) is 17.6 Å². The monoisotopic (exact) mass is 301 g/mol. The van der Waals surface area contributed by atoms with E-state index in [0.717, 1.165) is 25.9 Å². The van der Waals surface area contributed by atoms with Crippen LogP contribution in [0.15, 0.2) is 34.7 Å².